The Bertz CT molecular complexity index is 934. The molecule has 31 heavy (non-hydrogen) atoms. The molecule has 0 atom stereocenters. The van der Waals surface area contributed by atoms with Gasteiger partial charge in [0.1, 0.15) is 5.82 Å². The molecule has 1 aliphatic rings. The van der Waals surface area contributed by atoms with E-state index in [1.807, 2.05) is 38.1 Å². The molecule has 2 amide bonds. The van der Waals surface area contributed by atoms with Gasteiger partial charge in [0, 0.05) is 18.2 Å². The van der Waals surface area contributed by atoms with Gasteiger partial charge in [0.05, 0.1) is 12.3 Å². The predicted molar refractivity (Wildman–Crippen MR) is 124 cm³/mol. The first-order valence-corrected chi connectivity index (χ1v) is 11.8. The van der Waals surface area contributed by atoms with E-state index in [0.29, 0.717) is 12.5 Å². The van der Waals surface area contributed by atoms with Crippen LogP contribution in [0.5, 0.6) is 0 Å². The monoisotopic (exact) mass is 441 g/mol. The lowest BCUT2D eigenvalue weighted by molar-refractivity contribution is -0.122. The van der Waals surface area contributed by atoms with E-state index < -0.39 is 0 Å². The van der Waals surface area contributed by atoms with Gasteiger partial charge in [-0.2, -0.15) is 0 Å². The van der Waals surface area contributed by atoms with Gasteiger partial charge in [0.2, 0.25) is 11.8 Å². The second-order valence-electron chi connectivity index (χ2n) is 7.94. The quantitative estimate of drug-likeness (QED) is 0.454. The van der Waals surface area contributed by atoms with Crippen LogP contribution in [0.2, 0.25) is 0 Å². The minimum Gasteiger partial charge on any atom is -0.346 e. The third-order valence-electron chi connectivity index (χ3n) is 5.68. The lowest BCUT2D eigenvalue weighted by Crippen LogP contribution is -2.34. The molecule has 8 heteroatoms. The number of nitrogens with one attached hydrogen (secondary N) is 2. The fraction of sp³-hybridized carbons (Fsp3) is 0.478. The van der Waals surface area contributed by atoms with Crippen LogP contribution in [0.3, 0.4) is 0 Å². The Balaban J connectivity index is 1.51. The fourth-order valence-electron chi connectivity index (χ4n) is 3.81. The van der Waals surface area contributed by atoms with Crippen LogP contribution in [0.1, 0.15) is 55.0 Å². The van der Waals surface area contributed by atoms with Crippen molar-refractivity contribution in [3.8, 4) is 0 Å². The first kappa shape index (κ1) is 23.1. The number of carbonyl (C=O) groups is 2. The van der Waals surface area contributed by atoms with Crippen molar-refractivity contribution in [2.24, 2.45) is 0 Å². The fourth-order valence-corrected chi connectivity index (χ4v) is 4.60. The number of aryl methyl sites for hydroxylation is 1. The van der Waals surface area contributed by atoms with Crippen LogP contribution in [-0.2, 0) is 16.1 Å². The molecule has 166 valence electrons. The van der Waals surface area contributed by atoms with Crippen LogP contribution in [0.25, 0.3) is 0 Å². The van der Waals surface area contributed by atoms with E-state index in [1.165, 1.54) is 31.0 Å². The molecule has 0 bridgehead atoms. The molecule has 0 unspecified atom stereocenters. The van der Waals surface area contributed by atoms with Gasteiger partial charge < -0.3 is 15.2 Å². The highest BCUT2D eigenvalue weighted by Crippen LogP contribution is 2.33. The molecule has 1 fully saturated rings. The third kappa shape index (κ3) is 6.19. The van der Waals surface area contributed by atoms with Gasteiger partial charge in [0.15, 0.2) is 5.16 Å². The molecule has 7 nitrogen and oxygen atoms in total. The highest BCUT2D eigenvalue weighted by atomic mass is 32.2. The number of hydrogen-bond acceptors (Lipinski definition) is 5. The maximum Gasteiger partial charge on any atom is 0.243 e. The van der Waals surface area contributed by atoms with Gasteiger partial charge in [0.25, 0.3) is 0 Å². The Labute approximate surface area is 188 Å². The number of rotatable bonds is 9. The molecule has 1 aromatic heterocycles. The van der Waals surface area contributed by atoms with E-state index >= 15 is 0 Å². The number of allylic oxidation sites excluding steroid dienone is 1. The van der Waals surface area contributed by atoms with Crippen molar-refractivity contribution in [3.05, 3.63) is 47.8 Å². The van der Waals surface area contributed by atoms with E-state index in [2.05, 4.69) is 32.0 Å². The summed E-state index contributed by atoms with van der Waals surface area (Å²) in [5.74, 6) is 1.14. The average molecular weight is 442 g/mol. The third-order valence-corrected chi connectivity index (χ3v) is 6.65. The van der Waals surface area contributed by atoms with Crippen molar-refractivity contribution in [2.45, 2.75) is 63.6 Å². The summed E-state index contributed by atoms with van der Waals surface area (Å²) in [6.07, 6.45) is 7.83. The van der Waals surface area contributed by atoms with Crippen LogP contribution in [0.15, 0.2) is 36.0 Å². The summed E-state index contributed by atoms with van der Waals surface area (Å²) >= 11 is 1.34. The van der Waals surface area contributed by atoms with Crippen LogP contribution in [0, 0.1) is 13.8 Å². The molecule has 0 radical (unpaired) electrons. The van der Waals surface area contributed by atoms with Gasteiger partial charge >= 0.3 is 0 Å². The molecule has 0 saturated heterocycles. The zero-order valence-corrected chi connectivity index (χ0v) is 19.1. The van der Waals surface area contributed by atoms with Crippen LogP contribution < -0.4 is 10.6 Å². The second-order valence-corrected chi connectivity index (χ2v) is 8.88. The molecule has 2 N–H and O–H groups in total. The van der Waals surface area contributed by atoms with Gasteiger partial charge in [-0.25, -0.2) is 0 Å². The van der Waals surface area contributed by atoms with Crippen molar-refractivity contribution in [2.75, 3.05) is 17.6 Å². The van der Waals surface area contributed by atoms with Gasteiger partial charge in [-0.05, 0) is 43.9 Å². The lowest BCUT2D eigenvalue weighted by atomic mass is 9.89. The summed E-state index contributed by atoms with van der Waals surface area (Å²) in [5.41, 5.74) is 2.89. The topological polar surface area (TPSA) is 88.9 Å². The molecular formula is C23H31N5O2S. The molecular weight excluding hydrogens is 410 g/mol. The Kier molecular flexibility index (Phi) is 8.28. The first-order valence-electron chi connectivity index (χ1n) is 10.8. The number of amides is 2. The Morgan fingerprint density at radius 1 is 1.19 bits per heavy atom. The Morgan fingerprint density at radius 2 is 1.97 bits per heavy atom. The largest absolute Gasteiger partial charge is 0.346 e. The summed E-state index contributed by atoms with van der Waals surface area (Å²) in [6.45, 7) is 8.35. The second kappa shape index (κ2) is 11.1. The predicted octanol–water partition coefficient (Wildman–Crippen LogP) is 3.98. The summed E-state index contributed by atoms with van der Waals surface area (Å²) in [7, 11) is 0. The van der Waals surface area contributed by atoms with E-state index in [4.69, 9.17) is 0 Å². The maximum absolute atomic E-state index is 12.3. The number of aromatic nitrogens is 3. The Morgan fingerprint density at radius 3 is 2.71 bits per heavy atom. The van der Waals surface area contributed by atoms with Gasteiger partial charge in [-0.15, -0.1) is 16.8 Å². The van der Waals surface area contributed by atoms with Crippen molar-refractivity contribution >= 4 is 29.3 Å². The smallest absolute Gasteiger partial charge is 0.243 e. The summed E-state index contributed by atoms with van der Waals surface area (Å²) < 4.78 is 2.06. The normalized spacial score (nSPS) is 14.3. The number of nitrogens with zero attached hydrogens (tertiary/aromatic N) is 3. The molecule has 1 aliphatic carbocycles. The highest BCUT2D eigenvalue weighted by molar-refractivity contribution is 7.99. The van der Waals surface area contributed by atoms with Gasteiger partial charge in [-0.3, -0.25) is 9.59 Å². The molecule has 0 aliphatic heterocycles. The van der Waals surface area contributed by atoms with E-state index in [0.717, 1.165) is 40.6 Å². The molecule has 1 saturated carbocycles. The summed E-state index contributed by atoms with van der Waals surface area (Å²) in [5, 5.41) is 15.0. The number of thioether (sulfide) groups is 1. The van der Waals surface area contributed by atoms with Crippen LogP contribution in [-0.4, -0.2) is 38.9 Å². The molecule has 1 heterocycles. The Hall–Kier alpha value is -2.61. The lowest BCUT2D eigenvalue weighted by Gasteiger charge is -2.21. The molecule has 3 rings (SSSR count). The summed E-state index contributed by atoms with van der Waals surface area (Å²) in [4.78, 5) is 24.5. The average Bonchev–Trinajstić information content (AvgIpc) is 3.17. The highest BCUT2D eigenvalue weighted by Gasteiger charge is 2.23. The van der Waals surface area contributed by atoms with Gasteiger partial charge in [-0.1, -0.05) is 49.2 Å². The zero-order chi connectivity index (χ0) is 22.2. The van der Waals surface area contributed by atoms with E-state index in [-0.39, 0.29) is 24.1 Å². The minimum absolute atomic E-state index is 0.0700. The van der Waals surface area contributed by atoms with E-state index in [1.54, 1.807) is 0 Å². The SMILES string of the molecule is C=CCn1c(SCC(=O)NCC(=O)Nc2cccc(C)c2C)nnc1C1CCCCC1. The standard InChI is InChI=1S/C23H31N5O2S/c1-4-13-28-22(18-10-6-5-7-11-18)26-27-23(28)31-15-21(30)24-14-20(29)25-19-12-8-9-16(2)17(19)3/h4,8-9,12,18H,1,5-7,10-11,13-15H2,2-3H3,(H,24,30)(H,25,29). The summed E-state index contributed by atoms with van der Waals surface area (Å²) in [6, 6.07) is 5.75. The number of anilines is 1. The van der Waals surface area contributed by atoms with Crippen LogP contribution in [0.4, 0.5) is 5.69 Å². The maximum atomic E-state index is 12.3. The van der Waals surface area contributed by atoms with E-state index in [9.17, 15) is 9.59 Å². The molecule has 2 aromatic rings. The van der Waals surface area contributed by atoms with Crippen molar-refractivity contribution < 1.29 is 9.59 Å². The number of hydrogen-bond donors (Lipinski definition) is 2. The van der Waals surface area contributed by atoms with Crippen molar-refractivity contribution in [1.29, 1.82) is 0 Å². The number of benzene rings is 1. The zero-order valence-electron chi connectivity index (χ0n) is 18.3. The number of carbonyl (C=O) groups excluding carboxylic acids is 2. The molecule has 1 aromatic carbocycles. The minimum atomic E-state index is -0.249. The van der Waals surface area contributed by atoms with Crippen molar-refractivity contribution in [1.82, 2.24) is 20.1 Å². The van der Waals surface area contributed by atoms with Crippen LogP contribution >= 0.6 is 11.8 Å². The molecule has 0 spiro atoms. The van der Waals surface area contributed by atoms with Crippen molar-refractivity contribution in [3.63, 3.8) is 0 Å². The first-order chi connectivity index (χ1) is 15.0.